The van der Waals surface area contributed by atoms with Gasteiger partial charge in [-0.05, 0) is 50.4 Å². The van der Waals surface area contributed by atoms with Crippen LogP contribution in [0.15, 0.2) is 10.5 Å². The largest absolute Gasteiger partial charge is 0.508 e. The molecule has 0 spiro atoms. The maximum Gasteiger partial charge on any atom is 0.120 e. The van der Waals surface area contributed by atoms with Crippen molar-refractivity contribution in [3.8, 4) is 5.75 Å². The number of halogens is 1. The molecule has 0 aromatic heterocycles. The highest BCUT2D eigenvalue weighted by atomic mass is 79.9. The van der Waals surface area contributed by atoms with E-state index in [0.29, 0.717) is 11.8 Å². The number of phenols is 1. The third-order valence-electron chi connectivity index (χ3n) is 3.12. The summed E-state index contributed by atoms with van der Waals surface area (Å²) in [7, 11) is 0. The average molecular weight is 270 g/mol. The van der Waals surface area contributed by atoms with Crippen LogP contribution in [0.25, 0.3) is 0 Å². The van der Waals surface area contributed by atoms with Crippen molar-refractivity contribution in [3.05, 3.63) is 27.2 Å². The number of hydrogen-bond donors (Lipinski definition) is 2. The molecule has 15 heavy (non-hydrogen) atoms. The zero-order valence-electron chi connectivity index (χ0n) is 9.10. The first-order chi connectivity index (χ1) is 7.11. The van der Waals surface area contributed by atoms with E-state index in [4.69, 9.17) is 0 Å². The van der Waals surface area contributed by atoms with Gasteiger partial charge in [-0.25, -0.2) is 0 Å². The molecule has 0 amide bonds. The number of nitrogens with one attached hydrogen (secondary N) is 1. The molecule has 0 saturated carbocycles. The van der Waals surface area contributed by atoms with Gasteiger partial charge in [-0.3, -0.25) is 0 Å². The van der Waals surface area contributed by atoms with Gasteiger partial charge in [0.05, 0.1) is 0 Å². The standard InChI is InChI=1S/C12H16BrNO/c1-7-6-10(15)11(8(2)12(7)13)9-4-3-5-14-9/h6,9,14-15H,3-5H2,1-2H3/t9-/m1/s1. The molecule has 0 bridgehead atoms. The van der Waals surface area contributed by atoms with E-state index in [9.17, 15) is 5.11 Å². The number of hydrogen-bond acceptors (Lipinski definition) is 2. The fourth-order valence-electron chi connectivity index (χ4n) is 2.32. The lowest BCUT2D eigenvalue weighted by Crippen LogP contribution is -2.14. The van der Waals surface area contributed by atoms with Crippen molar-refractivity contribution in [1.29, 1.82) is 0 Å². The topological polar surface area (TPSA) is 32.3 Å². The van der Waals surface area contributed by atoms with Crippen LogP contribution in [-0.2, 0) is 0 Å². The molecule has 2 rings (SSSR count). The zero-order chi connectivity index (χ0) is 11.0. The van der Waals surface area contributed by atoms with E-state index in [1.165, 1.54) is 6.42 Å². The predicted molar refractivity (Wildman–Crippen MR) is 65.3 cm³/mol. The van der Waals surface area contributed by atoms with E-state index in [1.807, 2.05) is 13.0 Å². The van der Waals surface area contributed by atoms with Crippen LogP contribution in [0.2, 0.25) is 0 Å². The molecule has 2 nitrogen and oxygen atoms in total. The molecule has 1 saturated heterocycles. The van der Waals surface area contributed by atoms with E-state index in [0.717, 1.165) is 34.1 Å². The molecular weight excluding hydrogens is 254 g/mol. The summed E-state index contributed by atoms with van der Waals surface area (Å²) in [6.07, 6.45) is 2.30. The Bertz CT molecular complexity index is 384. The minimum atomic E-state index is 0.321. The van der Waals surface area contributed by atoms with Crippen molar-refractivity contribution in [1.82, 2.24) is 5.32 Å². The van der Waals surface area contributed by atoms with Gasteiger partial charge >= 0.3 is 0 Å². The van der Waals surface area contributed by atoms with Crippen molar-refractivity contribution in [3.63, 3.8) is 0 Å². The van der Waals surface area contributed by atoms with E-state index < -0.39 is 0 Å². The van der Waals surface area contributed by atoms with Crippen molar-refractivity contribution in [2.75, 3.05) is 6.54 Å². The maximum absolute atomic E-state index is 10.00. The van der Waals surface area contributed by atoms with E-state index in [-0.39, 0.29) is 0 Å². The first-order valence-electron chi connectivity index (χ1n) is 5.33. The van der Waals surface area contributed by atoms with Crippen LogP contribution >= 0.6 is 15.9 Å². The Balaban J connectivity index is 2.50. The van der Waals surface area contributed by atoms with Gasteiger partial charge in [0.2, 0.25) is 0 Å². The number of benzene rings is 1. The van der Waals surface area contributed by atoms with Crippen LogP contribution in [0, 0.1) is 13.8 Å². The Hall–Kier alpha value is -0.540. The summed E-state index contributed by atoms with van der Waals surface area (Å²) in [6.45, 7) is 5.11. The first kappa shape index (κ1) is 11.0. The Kier molecular flexibility index (Phi) is 3.03. The van der Waals surface area contributed by atoms with Crippen molar-refractivity contribution in [2.45, 2.75) is 32.7 Å². The predicted octanol–water partition coefficient (Wildman–Crippen LogP) is 3.20. The highest BCUT2D eigenvalue weighted by Crippen LogP contribution is 2.37. The highest BCUT2D eigenvalue weighted by molar-refractivity contribution is 9.10. The first-order valence-corrected chi connectivity index (χ1v) is 6.12. The minimum Gasteiger partial charge on any atom is -0.508 e. The van der Waals surface area contributed by atoms with Gasteiger partial charge in [-0.1, -0.05) is 15.9 Å². The van der Waals surface area contributed by atoms with Gasteiger partial charge in [0.25, 0.3) is 0 Å². The van der Waals surface area contributed by atoms with Crippen LogP contribution < -0.4 is 5.32 Å². The lowest BCUT2D eigenvalue weighted by atomic mass is 9.97. The van der Waals surface area contributed by atoms with Crippen LogP contribution in [-0.4, -0.2) is 11.7 Å². The highest BCUT2D eigenvalue weighted by Gasteiger charge is 2.22. The van der Waals surface area contributed by atoms with Crippen LogP contribution in [0.5, 0.6) is 5.75 Å². The molecule has 0 unspecified atom stereocenters. The second kappa shape index (κ2) is 4.14. The summed E-state index contributed by atoms with van der Waals surface area (Å²) < 4.78 is 1.11. The van der Waals surface area contributed by atoms with Crippen molar-refractivity contribution >= 4 is 15.9 Å². The number of rotatable bonds is 1. The fraction of sp³-hybridized carbons (Fsp3) is 0.500. The van der Waals surface area contributed by atoms with Gasteiger partial charge < -0.3 is 10.4 Å². The van der Waals surface area contributed by atoms with Gasteiger partial charge in [-0.2, -0.15) is 0 Å². The monoisotopic (exact) mass is 269 g/mol. The van der Waals surface area contributed by atoms with E-state index in [1.54, 1.807) is 0 Å². The lowest BCUT2D eigenvalue weighted by molar-refractivity contribution is 0.455. The molecule has 1 aliphatic heterocycles. The van der Waals surface area contributed by atoms with Gasteiger partial charge in [0, 0.05) is 16.1 Å². The molecule has 1 heterocycles. The average Bonchev–Trinajstić information content (AvgIpc) is 2.68. The second-order valence-corrected chi connectivity index (χ2v) is 5.01. The smallest absolute Gasteiger partial charge is 0.120 e. The normalized spacial score (nSPS) is 20.9. The molecule has 0 aliphatic carbocycles. The molecule has 3 heteroatoms. The maximum atomic E-state index is 10.00. The minimum absolute atomic E-state index is 0.321. The molecule has 1 atom stereocenters. The van der Waals surface area contributed by atoms with E-state index in [2.05, 4.69) is 28.2 Å². The second-order valence-electron chi connectivity index (χ2n) is 4.21. The molecule has 0 radical (unpaired) electrons. The van der Waals surface area contributed by atoms with E-state index >= 15 is 0 Å². The summed E-state index contributed by atoms with van der Waals surface area (Å²) >= 11 is 3.57. The number of aromatic hydroxyl groups is 1. The SMILES string of the molecule is Cc1cc(O)c([C@H]2CCCN2)c(C)c1Br. The van der Waals surface area contributed by atoms with Gasteiger partial charge in [0.1, 0.15) is 5.75 Å². The Morgan fingerprint density at radius 2 is 2.20 bits per heavy atom. The Morgan fingerprint density at radius 1 is 1.47 bits per heavy atom. The Labute approximate surface area is 98.8 Å². The van der Waals surface area contributed by atoms with Crippen LogP contribution in [0.4, 0.5) is 0 Å². The van der Waals surface area contributed by atoms with Gasteiger partial charge in [-0.15, -0.1) is 0 Å². The fourth-order valence-corrected chi connectivity index (χ4v) is 2.65. The summed E-state index contributed by atoms with van der Waals surface area (Å²) in [5, 5.41) is 13.4. The molecule has 1 aliphatic rings. The Morgan fingerprint density at radius 3 is 2.80 bits per heavy atom. The summed E-state index contributed by atoms with van der Waals surface area (Å²) in [5.41, 5.74) is 3.31. The third kappa shape index (κ3) is 1.91. The molecule has 1 aromatic rings. The summed E-state index contributed by atoms with van der Waals surface area (Å²) in [5.74, 6) is 0.424. The molecule has 1 fully saturated rings. The molecule has 2 N–H and O–H groups in total. The van der Waals surface area contributed by atoms with Crippen LogP contribution in [0.1, 0.15) is 35.6 Å². The van der Waals surface area contributed by atoms with Crippen molar-refractivity contribution in [2.24, 2.45) is 0 Å². The van der Waals surface area contributed by atoms with Gasteiger partial charge in [0.15, 0.2) is 0 Å². The molecule has 1 aromatic carbocycles. The van der Waals surface area contributed by atoms with Crippen LogP contribution in [0.3, 0.4) is 0 Å². The number of phenolic OH excluding ortho intramolecular Hbond substituents is 1. The third-order valence-corrected chi connectivity index (χ3v) is 4.34. The molecule has 82 valence electrons. The number of aryl methyl sites for hydroxylation is 1. The quantitative estimate of drug-likeness (QED) is 0.821. The molecular formula is C12H16BrNO. The van der Waals surface area contributed by atoms with Crippen molar-refractivity contribution < 1.29 is 5.11 Å². The lowest BCUT2D eigenvalue weighted by Gasteiger charge is -2.18. The summed E-state index contributed by atoms with van der Waals surface area (Å²) in [4.78, 5) is 0. The zero-order valence-corrected chi connectivity index (χ0v) is 10.7. The summed E-state index contributed by atoms with van der Waals surface area (Å²) in [6, 6.07) is 2.16.